The number of nitrogens with zero attached hydrogens (tertiary/aromatic N) is 2. The van der Waals surface area contributed by atoms with Crippen molar-refractivity contribution in [1.82, 2.24) is 9.97 Å². The van der Waals surface area contributed by atoms with Crippen LogP contribution in [-0.4, -0.2) is 28.3 Å². The number of hydrogen-bond acceptors (Lipinski definition) is 5. The van der Waals surface area contributed by atoms with Crippen LogP contribution in [0.2, 0.25) is 5.28 Å². The highest BCUT2D eigenvalue weighted by Gasteiger charge is 2.35. The fourth-order valence-electron chi connectivity index (χ4n) is 2.11. The zero-order chi connectivity index (χ0) is 18.6. The molecule has 0 aliphatic carbocycles. The number of esters is 1. The summed E-state index contributed by atoms with van der Waals surface area (Å²) < 4.78 is 43.4. The van der Waals surface area contributed by atoms with Gasteiger partial charge in [0.05, 0.1) is 17.9 Å². The third-order valence-electron chi connectivity index (χ3n) is 3.20. The van der Waals surface area contributed by atoms with Crippen LogP contribution >= 0.6 is 11.6 Å². The van der Waals surface area contributed by atoms with Crippen molar-refractivity contribution in [2.75, 3.05) is 6.61 Å². The van der Waals surface area contributed by atoms with E-state index in [2.05, 4.69) is 9.97 Å². The largest absolute Gasteiger partial charge is 0.465 e. The summed E-state index contributed by atoms with van der Waals surface area (Å²) in [7, 11) is 0. The third-order valence-corrected chi connectivity index (χ3v) is 3.38. The predicted molar refractivity (Wildman–Crippen MR) is 82.2 cm³/mol. The maximum atomic E-state index is 12.8. The average Bonchev–Trinajstić information content (AvgIpc) is 2.54. The van der Waals surface area contributed by atoms with Gasteiger partial charge in [-0.2, -0.15) is 13.2 Å². The number of carbonyl (C=O) groups excluding carboxylic acids is 2. The van der Waals surface area contributed by atoms with E-state index >= 15 is 0 Å². The van der Waals surface area contributed by atoms with Gasteiger partial charge in [0.25, 0.3) is 0 Å². The molecule has 0 N–H and O–H groups in total. The minimum Gasteiger partial charge on any atom is -0.465 e. The molecule has 25 heavy (non-hydrogen) atoms. The molecular weight excluding hydrogens is 361 g/mol. The molecule has 5 nitrogen and oxygen atoms in total. The van der Waals surface area contributed by atoms with Crippen molar-refractivity contribution < 1.29 is 27.5 Å². The first-order chi connectivity index (χ1) is 11.7. The molecule has 0 spiro atoms. The molecule has 1 aromatic heterocycles. The monoisotopic (exact) mass is 372 g/mol. The van der Waals surface area contributed by atoms with E-state index in [0.29, 0.717) is 6.07 Å². The number of alkyl halides is 3. The minimum atomic E-state index is -4.62. The number of aromatic nitrogens is 2. The number of halogens is 4. The van der Waals surface area contributed by atoms with Gasteiger partial charge in [-0.05, 0) is 36.7 Å². The Bertz CT molecular complexity index is 796. The second kappa shape index (κ2) is 7.60. The predicted octanol–water partition coefficient (Wildman–Crippen LogP) is 3.68. The van der Waals surface area contributed by atoms with Crippen LogP contribution in [-0.2, 0) is 15.7 Å². The quantitative estimate of drug-likeness (QED) is 0.346. The van der Waals surface area contributed by atoms with E-state index in [0.717, 1.165) is 12.1 Å². The van der Waals surface area contributed by atoms with E-state index in [4.69, 9.17) is 16.3 Å². The fraction of sp³-hybridized carbons (Fsp3) is 0.250. The summed E-state index contributed by atoms with van der Waals surface area (Å²) in [6.45, 7) is 1.53. The zero-order valence-corrected chi connectivity index (χ0v) is 13.6. The molecule has 1 heterocycles. The fourth-order valence-corrected chi connectivity index (χ4v) is 2.27. The number of ketones is 1. The molecule has 1 unspecified atom stereocenters. The van der Waals surface area contributed by atoms with Crippen molar-refractivity contribution in [3.05, 3.63) is 58.6 Å². The topological polar surface area (TPSA) is 69.2 Å². The first kappa shape index (κ1) is 18.9. The molecule has 0 saturated carbocycles. The van der Waals surface area contributed by atoms with Gasteiger partial charge in [0, 0.05) is 11.8 Å². The number of Topliss-reactive ketones (excluding diaryl/α,β-unsaturated/α-hetero) is 1. The minimum absolute atomic E-state index is 0.00990. The lowest BCUT2D eigenvalue weighted by molar-refractivity contribution is -0.143. The Hall–Kier alpha value is -2.48. The summed E-state index contributed by atoms with van der Waals surface area (Å²) in [5.74, 6) is -3.34. The molecule has 0 aliphatic heterocycles. The molecule has 2 rings (SSSR count). The van der Waals surface area contributed by atoms with Gasteiger partial charge in [0.1, 0.15) is 0 Å². The van der Waals surface area contributed by atoms with E-state index in [9.17, 15) is 22.8 Å². The van der Waals surface area contributed by atoms with E-state index in [1.165, 1.54) is 25.3 Å². The Kier molecular flexibility index (Phi) is 5.73. The van der Waals surface area contributed by atoms with Crippen LogP contribution in [0.5, 0.6) is 0 Å². The highest BCUT2D eigenvalue weighted by molar-refractivity contribution is 6.28. The zero-order valence-electron chi connectivity index (χ0n) is 12.9. The Morgan fingerprint density at radius 2 is 2.00 bits per heavy atom. The summed E-state index contributed by atoms with van der Waals surface area (Å²) in [5, 5.41) is -0.205. The Balaban J connectivity index is 2.47. The Morgan fingerprint density at radius 3 is 2.60 bits per heavy atom. The lowest BCUT2D eigenvalue weighted by Gasteiger charge is -2.15. The molecule has 0 aliphatic rings. The van der Waals surface area contributed by atoms with Crippen LogP contribution in [0, 0.1) is 0 Å². The van der Waals surface area contributed by atoms with Gasteiger partial charge < -0.3 is 4.74 Å². The third kappa shape index (κ3) is 4.54. The van der Waals surface area contributed by atoms with Crippen molar-refractivity contribution in [1.29, 1.82) is 0 Å². The molecule has 132 valence electrons. The molecule has 1 aromatic carbocycles. The molecule has 0 amide bonds. The van der Waals surface area contributed by atoms with Crippen LogP contribution in [0.25, 0.3) is 0 Å². The first-order valence-electron chi connectivity index (χ1n) is 7.10. The van der Waals surface area contributed by atoms with Crippen LogP contribution in [0.15, 0.2) is 36.5 Å². The van der Waals surface area contributed by atoms with Gasteiger partial charge in [0.15, 0.2) is 11.7 Å². The molecule has 9 heteroatoms. The van der Waals surface area contributed by atoms with Crippen molar-refractivity contribution in [2.24, 2.45) is 0 Å². The smallest absolute Gasteiger partial charge is 0.416 e. The number of ether oxygens (including phenoxy) is 1. The maximum Gasteiger partial charge on any atom is 0.416 e. The lowest BCUT2D eigenvalue weighted by atomic mass is 9.93. The van der Waals surface area contributed by atoms with Gasteiger partial charge in [0.2, 0.25) is 5.28 Å². The van der Waals surface area contributed by atoms with Crippen LogP contribution in [0.4, 0.5) is 13.2 Å². The summed E-state index contributed by atoms with van der Waals surface area (Å²) in [6.07, 6.45) is -3.38. The Morgan fingerprint density at radius 1 is 1.28 bits per heavy atom. The van der Waals surface area contributed by atoms with Crippen molar-refractivity contribution in [2.45, 2.75) is 19.0 Å². The SMILES string of the molecule is CCOC(=O)C(C(=O)c1cccc(C(F)(F)F)c1)c1ccnc(Cl)n1. The standard InChI is InChI=1S/C16H12ClF3N2O3/c1-2-25-14(24)12(11-6-7-21-15(17)22-11)13(23)9-4-3-5-10(8-9)16(18,19)20/h3-8,12H,2H2,1H3. The molecule has 2 aromatic rings. The van der Waals surface area contributed by atoms with Crippen molar-refractivity contribution in [3.8, 4) is 0 Å². The Labute approximate surface area is 145 Å². The highest BCUT2D eigenvalue weighted by Crippen LogP contribution is 2.31. The summed E-state index contributed by atoms with van der Waals surface area (Å²) in [5.41, 5.74) is -1.34. The molecule has 0 saturated heterocycles. The van der Waals surface area contributed by atoms with Gasteiger partial charge in [-0.1, -0.05) is 12.1 Å². The van der Waals surface area contributed by atoms with E-state index in [1.807, 2.05) is 0 Å². The first-order valence-corrected chi connectivity index (χ1v) is 7.48. The molecular formula is C16H12ClF3N2O3. The van der Waals surface area contributed by atoms with Gasteiger partial charge in [-0.25, -0.2) is 9.97 Å². The maximum absolute atomic E-state index is 12.8. The molecule has 0 fully saturated rings. The van der Waals surface area contributed by atoms with Gasteiger partial charge in [-0.15, -0.1) is 0 Å². The molecule has 0 bridgehead atoms. The molecule has 0 radical (unpaired) electrons. The lowest BCUT2D eigenvalue weighted by Crippen LogP contribution is -2.26. The normalized spacial score (nSPS) is 12.5. The average molecular weight is 373 g/mol. The van der Waals surface area contributed by atoms with Crippen LogP contribution in [0.3, 0.4) is 0 Å². The van der Waals surface area contributed by atoms with Gasteiger partial charge in [-0.3, -0.25) is 9.59 Å². The second-order valence-corrected chi connectivity index (χ2v) is 5.22. The van der Waals surface area contributed by atoms with Gasteiger partial charge >= 0.3 is 12.1 Å². The number of rotatable bonds is 5. The van der Waals surface area contributed by atoms with E-state index in [-0.39, 0.29) is 23.1 Å². The van der Waals surface area contributed by atoms with Crippen LogP contribution < -0.4 is 0 Å². The summed E-state index contributed by atoms with van der Waals surface area (Å²) >= 11 is 5.67. The van der Waals surface area contributed by atoms with Crippen molar-refractivity contribution >= 4 is 23.4 Å². The molecule has 1 atom stereocenters. The second-order valence-electron chi connectivity index (χ2n) is 4.88. The van der Waals surface area contributed by atoms with E-state index in [1.54, 1.807) is 0 Å². The van der Waals surface area contributed by atoms with Crippen molar-refractivity contribution in [3.63, 3.8) is 0 Å². The highest BCUT2D eigenvalue weighted by atomic mass is 35.5. The number of benzene rings is 1. The summed E-state index contributed by atoms with van der Waals surface area (Å²) in [6, 6.07) is 5.06. The van der Waals surface area contributed by atoms with E-state index < -0.39 is 29.4 Å². The summed E-state index contributed by atoms with van der Waals surface area (Å²) in [4.78, 5) is 32.3. The number of carbonyl (C=O) groups is 2. The van der Waals surface area contributed by atoms with Crippen LogP contribution in [0.1, 0.15) is 34.5 Å². The number of hydrogen-bond donors (Lipinski definition) is 0.